The zero-order valence-electron chi connectivity index (χ0n) is 15.2. The molecule has 0 spiro atoms. The number of nitrogens with zero attached hydrogens (tertiary/aromatic N) is 2. The number of nitrogens with one attached hydrogen (secondary N) is 2. The molecule has 5 nitrogen and oxygen atoms in total. The Labute approximate surface area is 153 Å². The Hall–Kier alpha value is -3.07. The maximum absolute atomic E-state index is 13.8. The summed E-state index contributed by atoms with van der Waals surface area (Å²) in [5.41, 5.74) is 1.98. The summed E-state index contributed by atoms with van der Waals surface area (Å²) in [6, 6.07) is 14.2. The van der Waals surface area contributed by atoms with Crippen LogP contribution in [0.15, 0.2) is 47.5 Å². The van der Waals surface area contributed by atoms with Crippen molar-refractivity contribution in [2.45, 2.75) is 26.5 Å². The molecular weight excluding hydrogens is 331 g/mol. The molecule has 1 unspecified atom stereocenters. The van der Waals surface area contributed by atoms with Gasteiger partial charge >= 0.3 is 0 Å². The molecule has 0 amide bonds. The quantitative estimate of drug-likeness (QED) is 0.618. The van der Waals surface area contributed by atoms with Crippen LogP contribution in [0.4, 0.5) is 4.39 Å². The minimum absolute atomic E-state index is 0.0750. The summed E-state index contributed by atoms with van der Waals surface area (Å²) >= 11 is 0. The fourth-order valence-corrected chi connectivity index (χ4v) is 2.38. The number of hydrogen-bond donors (Lipinski definition) is 2. The van der Waals surface area contributed by atoms with Crippen LogP contribution in [-0.2, 0) is 6.54 Å². The van der Waals surface area contributed by atoms with Crippen molar-refractivity contribution in [2.75, 3.05) is 13.6 Å². The predicted molar refractivity (Wildman–Crippen MR) is 101 cm³/mol. The van der Waals surface area contributed by atoms with Crippen LogP contribution in [0.2, 0.25) is 0 Å². The van der Waals surface area contributed by atoms with Crippen LogP contribution < -0.4 is 15.4 Å². The summed E-state index contributed by atoms with van der Waals surface area (Å²) in [5.74, 6) is 0.993. The molecule has 2 aromatic carbocycles. The minimum atomic E-state index is -0.358. The molecule has 0 radical (unpaired) electrons. The molecule has 0 saturated heterocycles. The Morgan fingerprint density at radius 2 is 2.08 bits per heavy atom. The van der Waals surface area contributed by atoms with Gasteiger partial charge in [0.2, 0.25) is 0 Å². The van der Waals surface area contributed by atoms with Gasteiger partial charge in [0.05, 0.1) is 18.2 Å². The van der Waals surface area contributed by atoms with Crippen molar-refractivity contribution < 1.29 is 9.13 Å². The van der Waals surface area contributed by atoms with E-state index >= 15 is 0 Å². The first-order valence-electron chi connectivity index (χ1n) is 8.38. The monoisotopic (exact) mass is 354 g/mol. The van der Waals surface area contributed by atoms with E-state index in [0.717, 1.165) is 11.3 Å². The highest BCUT2D eigenvalue weighted by Crippen LogP contribution is 2.14. The number of rotatable bonds is 6. The average Bonchev–Trinajstić information content (AvgIpc) is 2.63. The molecule has 26 heavy (non-hydrogen) atoms. The zero-order valence-corrected chi connectivity index (χ0v) is 15.2. The smallest absolute Gasteiger partial charge is 0.191 e. The van der Waals surface area contributed by atoms with Crippen LogP contribution in [-0.4, -0.2) is 25.7 Å². The van der Waals surface area contributed by atoms with Gasteiger partial charge in [0.1, 0.15) is 17.7 Å². The van der Waals surface area contributed by atoms with Crippen molar-refractivity contribution in [3.8, 4) is 11.8 Å². The largest absolute Gasteiger partial charge is 0.489 e. The van der Waals surface area contributed by atoms with E-state index in [9.17, 15) is 4.39 Å². The van der Waals surface area contributed by atoms with E-state index in [2.05, 4.69) is 15.6 Å². The van der Waals surface area contributed by atoms with Gasteiger partial charge in [0.15, 0.2) is 5.96 Å². The van der Waals surface area contributed by atoms with E-state index in [1.807, 2.05) is 44.2 Å². The molecule has 2 N–H and O–H groups in total. The second-order valence-electron chi connectivity index (χ2n) is 5.97. The van der Waals surface area contributed by atoms with Gasteiger partial charge in [0, 0.05) is 19.2 Å². The van der Waals surface area contributed by atoms with E-state index in [0.29, 0.717) is 23.6 Å². The lowest BCUT2D eigenvalue weighted by Gasteiger charge is -2.18. The predicted octanol–water partition coefficient (Wildman–Crippen LogP) is 3.14. The molecule has 0 aliphatic rings. The number of ether oxygens (including phenoxy) is 1. The number of guanidine groups is 1. The molecule has 136 valence electrons. The lowest BCUT2D eigenvalue weighted by molar-refractivity contribution is 0.223. The highest BCUT2D eigenvalue weighted by Gasteiger charge is 2.08. The molecule has 2 aromatic rings. The maximum atomic E-state index is 13.8. The van der Waals surface area contributed by atoms with E-state index in [-0.39, 0.29) is 18.5 Å². The van der Waals surface area contributed by atoms with Gasteiger partial charge in [-0.05, 0) is 49.7 Å². The van der Waals surface area contributed by atoms with Crippen molar-refractivity contribution in [3.63, 3.8) is 0 Å². The Balaban J connectivity index is 1.85. The summed E-state index contributed by atoms with van der Waals surface area (Å²) in [6.07, 6.45) is -0.0750. The Bertz CT molecular complexity index is 814. The first-order valence-corrected chi connectivity index (χ1v) is 8.38. The second kappa shape index (κ2) is 9.42. The van der Waals surface area contributed by atoms with Gasteiger partial charge in [-0.2, -0.15) is 5.26 Å². The Morgan fingerprint density at radius 1 is 1.27 bits per heavy atom. The third kappa shape index (κ3) is 5.78. The van der Waals surface area contributed by atoms with E-state index in [4.69, 9.17) is 10.00 Å². The van der Waals surface area contributed by atoms with Crippen LogP contribution in [0.3, 0.4) is 0 Å². The van der Waals surface area contributed by atoms with Crippen molar-refractivity contribution >= 4 is 5.96 Å². The molecule has 0 bridgehead atoms. The summed E-state index contributed by atoms with van der Waals surface area (Å²) < 4.78 is 19.7. The summed E-state index contributed by atoms with van der Waals surface area (Å²) in [4.78, 5) is 4.12. The highest BCUT2D eigenvalue weighted by molar-refractivity contribution is 5.79. The van der Waals surface area contributed by atoms with Gasteiger partial charge < -0.3 is 15.4 Å². The lowest BCUT2D eigenvalue weighted by Crippen LogP contribution is -2.41. The van der Waals surface area contributed by atoms with Gasteiger partial charge in [-0.3, -0.25) is 4.99 Å². The standard InChI is InChI=1S/C20H23FN4O/c1-14-5-4-6-18(9-14)26-15(2)12-24-20(23-3)25-13-17-10-16(11-22)7-8-19(17)21/h4-10,15H,12-13H2,1-3H3,(H2,23,24,25). The third-order valence-corrected chi connectivity index (χ3v) is 3.73. The Morgan fingerprint density at radius 3 is 2.77 bits per heavy atom. The molecule has 0 heterocycles. The van der Waals surface area contributed by atoms with E-state index in [1.54, 1.807) is 7.05 Å². The van der Waals surface area contributed by atoms with Crippen molar-refractivity contribution in [1.29, 1.82) is 5.26 Å². The normalized spacial score (nSPS) is 12.2. The fraction of sp³-hybridized carbons (Fsp3) is 0.300. The number of hydrogen-bond acceptors (Lipinski definition) is 3. The van der Waals surface area contributed by atoms with Crippen LogP contribution in [0.25, 0.3) is 0 Å². The number of aliphatic imine (C=N–C) groups is 1. The average molecular weight is 354 g/mol. The number of aryl methyl sites for hydroxylation is 1. The van der Waals surface area contributed by atoms with Crippen LogP contribution in [0.1, 0.15) is 23.6 Å². The Kier molecular flexibility index (Phi) is 6.98. The SMILES string of the molecule is CN=C(NCc1cc(C#N)ccc1F)NCC(C)Oc1cccc(C)c1. The third-order valence-electron chi connectivity index (χ3n) is 3.73. The van der Waals surface area contributed by atoms with Crippen LogP contribution in [0.5, 0.6) is 5.75 Å². The molecular formula is C20H23FN4O. The number of benzene rings is 2. The van der Waals surface area contributed by atoms with Gasteiger partial charge in [-0.25, -0.2) is 4.39 Å². The maximum Gasteiger partial charge on any atom is 0.191 e. The minimum Gasteiger partial charge on any atom is -0.489 e. The molecule has 0 aliphatic carbocycles. The summed E-state index contributed by atoms with van der Waals surface area (Å²) in [7, 11) is 1.64. The topological polar surface area (TPSA) is 69.4 Å². The molecule has 0 saturated carbocycles. The van der Waals surface area contributed by atoms with Gasteiger partial charge in [-0.1, -0.05) is 12.1 Å². The molecule has 0 aliphatic heterocycles. The second-order valence-corrected chi connectivity index (χ2v) is 5.97. The van der Waals surface area contributed by atoms with E-state index < -0.39 is 0 Å². The number of halogens is 1. The van der Waals surface area contributed by atoms with Crippen LogP contribution in [0, 0.1) is 24.1 Å². The lowest BCUT2D eigenvalue weighted by atomic mass is 10.1. The molecule has 6 heteroatoms. The molecule has 0 aromatic heterocycles. The molecule has 0 fully saturated rings. The highest BCUT2D eigenvalue weighted by atomic mass is 19.1. The fourth-order valence-electron chi connectivity index (χ4n) is 2.38. The van der Waals surface area contributed by atoms with Gasteiger partial charge in [0.25, 0.3) is 0 Å². The zero-order chi connectivity index (χ0) is 18.9. The first kappa shape index (κ1) is 19.3. The summed E-state index contributed by atoms with van der Waals surface area (Å²) in [5, 5.41) is 15.1. The van der Waals surface area contributed by atoms with Crippen molar-refractivity contribution in [2.24, 2.45) is 4.99 Å². The molecule has 1 atom stereocenters. The first-order chi connectivity index (χ1) is 12.5. The van der Waals surface area contributed by atoms with Crippen molar-refractivity contribution in [3.05, 3.63) is 65.0 Å². The van der Waals surface area contributed by atoms with Crippen LogP contribution >= 0.6 is 0 Å². The van der Waals surface area contributed by atoms with Gasteiger partial charge in [-0.15, -0.1) is 0 Å². The number of nitriles is 1. The summed E-state index contributed by atoms with van der Waals surface area (Å²) in [6.45, 7) is 4.74. The van der Waals surface area contributed by atoms with E-state index in [1.165, 1.54) is 18.2 Å². The van der Waals surface area contributed by atoms with Crippen molar-refractivity contribution in [1.82, 2.24) is 10.6 Å². The molecule has 2 rings (SSSR count).